The number of hydrogen-bond donors (Lipinski definition) is 0. The summed E-state index contributed by atoms with van der Waals surface area (Å²) in [6.07, 6.45) is 21.9. The van der Waals surface area contributed by atoms with Crippen molar-refractivity contribution in [2.75, 3.05) is 13.2 Å². The van der Waals surface area contributed by atoms with Crippen molar-refractivity contribution < 1.29 is 23.2 Å². The van der Waals surface area contributed by atoms with Crippen LogP contribution in [-0.4, -0.2) is 25.8 Å². The Hall–Kier alpha value is -7.53. The standard InChI is InChI=1S/C40H38.C17H10O.C15H25O3P.C2H4O/c1-3-5-7-29-9-13-31(14-10-29)17-19-33-21-23-35-26-28-38-34(22-24-36-25-27-37(33)39(35)40(36)38)20-18-32-15-11-30(12-16-32)8-6-4-2;18-10-14-7-6-13-5-4-11-2-1-3-12-8-9-15(14)17(13)16(11)12;1-4-7-8-14-9-11-15(12-10-14)13-19(16,17-5-2)18-6-3;1-2-3/h9-28H,3-8H2,1-2H3;1-10H;9-12H,4-8,13H2,1-3H3;2H,1H3/b19-17+,20-18+;;;. The topological polar surface area (TPSA) is 69.7 Å². The van der Waals surface area contributed by atoms with Gasteiger partial charge in [-0.15, -0.1) is 0 Å². The number of aldehydes is 2. The molecule has 11 aromatic carbocycles. The van der Waals surface area contributed by atoms with Gasteiger partial charge >= 0.3 is 7.60 Å². The second-order valence-electron chi connectivity index (χ2n) is 20.5. The van der Waals surface area contributed by atoms with E-state index in [0.29, 0.717) is 19.4 Å². The van der Waals surface area contributed by atoms with E-state index in [9.17, 15) is 9.36 Å². The molecule has 0 heterocycles. The summed E-state index contributed by atoms with van der Waals surface area (Å²) in [7, 11) is -2.98. The maximum atomic E-state index is 12.4. The van der Waals surface area contributed by atoms with E-state index < -0.39 is 7.60 Å². The Morgan fingerprint density at radius 3 is 1.09 bits per heavy atom. The predicted molar refractivity (Wildman–Crippen MR) is 345 cm³/mol. The molecule has 0 spiro atoms. The molecule has 0 aliphatic heterocycles. The Morgan fingerprint density at radius 1 is 0.375 bits per heavy atom. The van der Waals surface area contributed by atoms with Crippen LogP contribution in [0.3, 0.4) is 0 Å². The fourth-order valence-corrected chi connectivity index (χ4v) is 12.4. The van der Waals surface area contributed by atoms with Crippen LogP contribution in [0.25, 0.3) is 88.9 Å². The van der Waals surface area contributed by atoms with Crippen LogP contribution in [0.2, 0.25) is 0 Å². The van der Waals surface area contributed by atoms with Gasteiger partial charge in [0.25, 0.3) is 0 Å². The van der Waals surface area contributed by atoms with Gasteiger partial charge in [-0.1, -0.05) is 240 Å². The molecule has 0 atom stereocenters. The Kier molecular flexibility index (Phi) is 21.3. The molecule has 11 rings (SSSR count). The molecule has 5 nitrogen and oxygen atoms in total. The molecule has 80 heavy (non-hydrogen) atoms. The van der Waals surface area contributed by atoms with Gasteiger partial charge in [0.1, 0.15) is 6.29 Å². The van der Waals surface area contributed by atoms with E-state index in [0.717, 1.165) is 48.3 Å². The SMILES string of the molecule is CC=O.CCCCc1ccc(/C=C/c2ccc3ccc4c(/C=C/c5ccc(CCCC)cc5)ccc5ccc2c3c54)cc1.CCCCc1ccc(CP(=O)(OCC)OCC)cc1.O=Cc1ccc2ccc3cccc4ccc1c2c34. The predicted octanol–water partition coefficient (Wildman–Crippen LogP) is 21.0. The van der Waals surface area contributed by atoms with Crippen molar-refractivity contribution >= 4 is 109 Å². The maximum absolute atomic E-state index is 12.4. The van der Waals surface area contributed by atoms with Gasteiger partial charge in [0.2, 0.25) is 0 Å². The molecule has 11 aromatic rings. The minimum atomic E-state index is -2.98. The summed E-state index contributed by atoms with van der Waals surface area (Å²) in [6, 6.07) is 63.2. The molecular formula is C74H77O5P. The monoisotopic (exact) mass is 1080 g/mol. The summed E-state index contributed by atoms with van der Waals surface area (Å²) >= 11 is 0. The second kappa shape index (κ2) is 29.1. The van der Waals surface area contributed by atoms with Gasteiger partial charge < -0.3 is 13.8 Å². The molecule has 0 saturated carbocycles. The van der Waals surface area contributed by atoms with E-state index in [1.54, 1.807) is 0 Å². The van der Waals surface area contributed by atoms with Crippen LogP contribution in [-0.2, 0) is 43.8 Å². The van der Waals surface area contributed by atoms with Gasteiger partial charge in [-0.25, -0.2) is 0 Å². The van der Waals surface area contributed by atoms with Crippen molar-refractivity contribution in [1.82, 2.24) is 0 Å². The number of aryl methyl sites for hydroxylation is 3. The van der Waals surface area contributed by atoms with Gasteiger partial charge in [0.05, 0.1) is 19.4 Å². The molecule has 0 aromatic heterocycles. The number of rotatable bonds is 20. The van der Waals surface area contributed by atoms with E-state index in [2.05, 4.69) is 191 Å². The van der Waals surface area contributed by atoms with E-state index in [1.165, 1.54) is 144 Å². The molecular weight excluding hydrogens is 1000 g/mol. The van der Waals surface area contributed by atoms with Crippen LogP contribution in [0.15, 0.2) is 176 Å². The summed E-state index contributed by atoms with van der Waals surface area (Å²) in [6.45, 7) is 12.6. The Bertz CT molecular complexity index is 3690. The van der Waals surface area contributed by atoms with Gasteiger partial charge in [0, 0.05) is 5.56 Å². The lowest BCUT2D eigenvalue weighted by Gasteiger charge is -2.17. The molecule has 0 amide bonds. The molecule has 6 heteroatoms. The molecule has 0 bridgehead atoms. The third-order valence-corrected chi connectivity index (χ3v) is 16.9. The lowest BCUT2D eigenvalue weighted by atomic mass is 9.89. The lowest BCUT2D eigenvalue weighted by molar-refractivity contribution is -0.106. The molecule has 0 N–H and O–H groups in total. The number of carbonyl (C=O) groups excluding carboxylic acids is 2. The van der Waals surface area contributed by atoms with Gasteiger partial charge in [-0.2, -0.15) is 0 Å². The maximum Gasteiger partial charge on any atom is 0.335 e. The number of carbonyl (C=O) groups is 2. The summed E-state index contributed by atoms with van der Waals surface area (Å²) in [4.78, 5) is 20.0. The first-order chi connectivity index (χ1) is 39.2. The average Bonchev–Trinajstić information content (AvgIpc) is 3.50. The zero-order valence-corrected chi connectivity index (χ0v) is 48.6. The van der Waals surface area contributed by atoms with Crippen molar-refractivity contribution in [1.29, 1.82) is 0 Å². The van der Waals surface area contributed by atoms with E-state index in [1.807, 2.05) is 44.2 Å². The zero-order chi connectivity index (χ0) is 56.3. The summed E-state index contributed by atoms with van der Waals surface area (Å²) < 4.78 is 23.0. The second-order valence-corrected chi connectivity index (χ2v) is 22.5. The first-order valence-electron chi connectivity index (χ1n) is 28.9. The van der Waals surface area contributed by atoms with Gasteiger partial charge in [-0.3, -0.25) is 9.36 Å². The minimum absolute atomic E-state index is 0.350. The van der Waals surface area contributed by atoms with Crippen molar-refractivity contribution in [3.8, 4) is 0 Å². The van der Waals surface area contributed by atoms with Crippen molar-refractivity contribution in [2.24, 2.45) is 0 Å². The van der Waals surface area contributed by atoms with Crippen molar-refractivity contribution in [3.05, 3.63) is 226 Å². The average molecular weight is 1080 g/mol. The Balaban J connectivity index is 0.000000174. The largest absolute Gasteiger partial charge is 0.335 e. The Morgan fingerprint density at radius 2 is 0.700 bits per heavy atom. The first kappa shape index (κ1) is 58.6. The Labute approximate surface area is 474 Å². The highest BCUT2D eigenvalue weighted by atomic mass is 31.2. The lowest BCUT2D eigenvalue weighted by Crippen LogP contribution is -1.99. The van der Waals surface area contributed by atoms with Gasteiger partial charge in [0.15, 0.2) is 6.29 Å². The first-order valence-corrected chi connectivity index (χ1v) is 30.6. The van der Waals surface area contributed by atoms with E-state index >= 15 is 0 Å². The van der Waals surface area contributed by atoms with Crippen LogP contribution in [0.4, 0.5) is 0 Å². The van der Waals surface area contributed by atoms with Gasteiger partial charge in [-0.05, 0) is 168 Å². The van der Waals surface area contributed by atoms with Crippen LogP contribution in [0, 0.1) is 0 Å². The van der Waals surface area contributed by atoms with Crippen LogP contribution < -0.4 is 0 Å². The minimum Gasteiger partial charge on any atom is -0.309 e. The third-order valence-electron chi connectivity index (χ3n) is 14.8. The number of unbranched alkanes of at least 4 members (excludes halogenated alkanes) is 3. The highest BCUT2D eigenvalue weighted by Crippen LogP contribution is 2.51. The summed E-state index contributed by atoms with van der Waals surface area (Å²) in [5.74, 6) is 0. The molecule has 0 unspecified atom stereocenters. The highest BCUT2D eigenvalue weighted by molar-refractivity contribution is 7.53. The summed E-state index contributed by atoms with van der Waals surface area (Å²) in [5.41, 5.74) is 11.0. The van der Waals surface area contributed by atoms with E-state index in [4.69, 9.17) is 13.8 Å². The number of benzene rings is 11. The smallest absolute Gasteiger partial charge is 0.309 e. The third kappa shape index (κ3) is 14.6. The van der Waals surface area contributed by atoms with Crippen LogP contribution in [0.5, 0.6) is 0 Å². The fraction of sp³-hybridized carbons (Fsp3) is 0.243. The van der Waals surface area contributed by atoms with Crippen LogP contribution in [0.1, 0.15) is 135 Å². The zero-order valence-electron chi connectivity index (χ0n) is 47.7. The summed E-state index contributed by atoms with van der Waals surface area (Å²) in [5, 5.41) is 15.1. The molecule has 0 fully saturated rings. The molecule has 0 aliphatic carbocycles. The number of hydrogen-bond acceptors (Lipinski definition) is 5. The van der Waals surface area contributed by atoms with Crippen LogP contribution >= 0.6 is 7.60 Å². The van der Waals surface area contributed by atoms with Crippen molar-refractivity contribution in [2.45, 2.75) is 105 Å². The quantitative estimate of drug-likeness (QED) is 0.0329. The highest BCUT2D eigenvalue weighted by Gasteiger charge is 2.24. The normalized spacial score (nSPS) is 11.6. The molecule has 408 valence electrons. The molecule has 0 saturated heterocycles. The van der Waals surface area contributed by atoms with Crippen molar-refractivity contribution in [3.63, 3.8) is 0 Å². The molecule has 0 radical (unpaired) electrons. The molecule has 0 aliphatic rings. The fourth-order valence-electron chi connectivity index (χ4n) is 10.7. The van der Waals surface area contributed by atoms with E-state index in [-0.39, 0.29) is 0 Å².